The van der Waals surface area contributed by atoms with Crippen LogP contribution in [0.1, 0.15) is 10.4 Å². The molecule has 0 spiro atoms. The molecular formula is C21H20N6O5S. The van der Waals surface area contributed by atoms with Gasteiger partial charge in [0, 0.05) is 17.2 Å². The Labute approximate surface area is 189 Å². The molecular weight excluding hydrogens is 448 g/mol. The van der Waals surface area contributed by atoms with Gasteiger partial charge in [0.05, 0.1) is 18.6 Å². The van der Waals surface area contributed by atoms with Crippen molar-refractivity contribution in [2.24, 2.45) is 5.14 Å². The molecule has 170 valence electrons. The Hall–Kier alpha value is -4.03. The highest BCUT2D eigenvalue weighted by molar-refractivity contribution is 7.89. The van der Waals surface area contributed by atoms with E-state index >= 15 is 0 Å². The highest BCUT2D eigenvalue weighted by atomic mass is 32.2. The van der Waals surface area contributed by atoms with E-state index in [1.807, 2.05) is 24.3 Å². The van der Waals surface area contributed by atoms with Crippen LogP contribution in [0, 0.1) is 0 Å². The molecule has 4 rings (SSSR count). The lowest BCUT2D eigenvalue weighted by Gasteiger charge is -2.08. The highest BCUT2D eigenvalue weighted by Crippen LogP contribution is 2.21. The molecule has 0 unspecified atom stereocenters. The molecule has 2 aromatic carbocycles. The van der Waals surface area contributed by atoms with E-state index in [0.717, 1.165) is 11.3 Å². The average molecular weight is 468 g/mol. The number of primary sulfonamides is 1. The van der Waals surface area contributed by atoms with Crippen molar-refractivity contribution >= 4 is 21.6 Å². The number of rotatable bonds is 8. The number of nitrogens with one attached hydrogen (secondary N) is 1. The van der Waals surface area contributed by atoms with E-state index in [-0.39, 0.29) is 24.0 Å². The first-order valence-electron chi connectivity index (χ1n) is 9.76. The smallest absolute Gasteiger partial charge is 0.251 e. The third kappa shape index (κ3) is 5.07. The second-order valence-corrected chi connectivity index (χ2v) is 8.43. The summed E-state index contributed by atoms with van der Waals surface area (Å²) in [4.78, 5) is 12.1. The first kappa shape index (κ1) is 22.2. The van der Waals surface area contributed by atoms with Gasteiger partial charge in [-0.3, -0.25) is 4.79 Å². The number of aromatic nitrogens is 4. The van der Waals surface area contributed by atoms with Gasteiger partial charge in [0.15, 0.2) is 11.5 Å². The van der Waals surface area contributed by atoms with Gasteiger partial charge in [-0.25, -0.2) is 13.6 Å². The van der Waals surface area contributed by atoms with E-state index in [0.29, 0.717) is 22.9 Å². The van der Waals surface area contributed by atoms with Crippen LogP contribution in [-0.4, -0.2) is 54.4 Å². The van der Waals surface area contributed by atoms with Gasteiger partial charge in [0.25, 0.3) is 5.91 Å². The summed E-state index contributed by atoms with van der Waals surface area (Å²) in [6, 6.07) is 16.1. The van der Waals surface area contributed by atoms with Crippen LogP contribution < -0.4 is 19.9 Å². The fourth-order valence-electron chi connectivity index (χ4n) is 2.99. The minimum atomic E-state index is -3.81. The van der Waals surface area contributed by atoms with Crippen molar-refractivity contribution in [3.8, 4) is 23.0 Å². The number of amides is 1. The normalized spacial score (nSPS) is 11.3. The van der Waals surface area contributed by atoms with Crippen molar-refractivity contribution in [3.05, 3.63) is 66.2 Å². The van der Waals surface area contributed by atoms with E-state index in [1.165, 1.54) is 24.3 Å². The van der Waals surface area contributed by atoms with Gasteiger partial charge in [-0.1, -0.05) is 0 Å². The molecule has 12 heteroatoms. The molecule has 1 amide bonds. The Morgan fingerprint density at radius 2 is 1.76 bits per heavy atom. The van der Waals surface area contributed by atoms with Crippen molar-refractivity contribution in [2.45, 2.75) is 4.90 Å². The summed E-state index contributed by atoms with van der Waals surface area (Å²) in [5, 5.41) is 20.5. The lowest BCUT2D eigenvalue weighted by molar-refractivity contribution is 0.0946. The largest absolute Gasteiger partial charge is 0.497 e. The molecule has 11 nitrogen and oxygen atoms in total. The highest BCUT2D eigenvalue weighted by Gasteiger charge is 2.12. The first-order chi connectivity index (χ1) is 15.8. The van der Waals surface area contributed by atoms with Crippen molar-refractivity contribution in [1.82, 2.24) is 25.1 Å². The van der Waals surface area contributed by atoms with Gasteiger partial charge in [0.2, 0.25) is 15.9 Å². The number of carbonyl (C=O) groups excluding carboxylic acids is 1. The van der Waals surface area contributed by atoms with E-state index in [2.05, 4.69) is 20.6 Å². The molecule has 0 atom stereocenters. The molecule has 3 N–H and O–H groups in total. The van der Waals surface area contributed by atoms with Crippen LogP contribution in [0.25, 0.3) is 17.0 Å². The van der Waals surface area contributed by atoms with Gasteiger partial charge in [-0.2, -0.15) is 4.52 Å². The van der Waals surface area contributed by atoms with Gasteiger partial charge in [-0.05, 0) is 54.6 Å². The third-order valence-corrected chi connectivity index (χ3v) is 5.60. The number of carbonyl (C=O) groups is 1. The average Bonchev–Trinajstić information content (AvgIpc) is 3.24. The van der Waals surface area contributed by atoms with E-state index in [1.54, 1.807) is 23.8 Å². The number of methoxy groups -OCH3 is 1. The molecule has 33 heavy (non-hydrogen) atoms. The van der Waals surface area contributed by atoms with E-state index in [4.69, 9.17) is 14.6 Å². The molecule has 0 bridgehead atoms. The van der Waals surface area contributed by atoms with Gasteiger partial charge in [0.1, 0.15) is 12.4 Å². The van der Waals surface area contributed by atoms with Crippen LogP contribution >= 0.6 is 0 Å². The van der Waals surface area contributed by atoms with Crippen molar-refractivity contribution < 1.29 is 22.7 Å². The van der Waals surface area contributed by atoms with Crippen molar-refractivity contribution in [2.75, 3.05) is 20.3 Å². The Morgan fingerprint density at radius 3 is 2.42 bits per heavy atom. The Morgan fingerprint density at radius 1 is 1.03 bits per heavy atom. The zero-order chi connectivity index (χ0) is 23.4. The first-order valence-corrected chi connectivity index (χ1v) is 11.3. The summed E-state index contributed by atoms with van der Waals surface area (Å²) in [6.07, 6.45) is 0. The van der Waals surface area contributed by atoms with Crippen LogP contribution in [0.4, 0.5) is 0 Å². The van der Waals surface area contributed by atoms with Crippen molar-refractivity contribution in [3.63, 3.8) is 0 Å². The predicted molar refractivity (Wildman–Crippen MR) is 118 cm³/mol. The fraction of sp³-hybridized carbons (Fsp3) is 0.143. The molecule has 0 aliphatic rings. The number of nitrogens with zero attached hydrogens (tertiary/aromatic N) is 4. The molecule has 0 aliphatic carbocycles. The number of fused-ring (bicyclic) bond motifs is 1. The quantitative estimate of drug-likeness (QED) is 0.367. The number of nitrogens with two attached hydrogens (primary N) is 1. The lowest BCUT2D eigenvalue weighted by Crippen LogP contribution is -2.28. The van der Waals surface area contributed by atoms with Crippen molar-refractivity contribution in [1.29, 1.82) is 0 Å². The predicted octanol–water partition coefficient (Wildman–Crippen LogP) is 1.26. The second kappa shape index (κ2) is 9.22. The van der Waals surface area contributed by atoms with Crippen LogP contribution in [0.5, 0.6) is 11.6 Å². The summed E-state index contributed by atoms with van der Waals surface area (Å²) in [6.45, 7) is 0.377. The van der Waals surface area contributed by atoms with Gasteiger partial charge >= 0.3 is 0 Å². The molecule has 4 aromatic rings. The number of hydrogen-bond acceptors (Lipinski definition) is 8. The maximum Gasteiger partial charge on any atom is 0.251 e. The minimum Gasteiger partial charge on any atom is -0.497 e. The maximum absolute atomic E-state index is 12.2. The number of sulfonamides is 1. The van der Waals surface area contributed by atoms with Gasteiger partial charge < -0.3 is 14.8 Å². The zero-order valence-corrected chi connectivity index (χ0v) is 18.3. The summed E-state index contributed by atoms with van der Waals surface area (Å²) < 4.78 is 35.0. The number of hydrogen-bond donors (Lipinski definition) is 2. The molecule has 0 radical (unpaired) electrons. The van der Waals surface area contributed by atoms with E-state index < -0.39 is 10.0 Å². The molecule has 0 aliphatic heterocycles. The van der Waals surface area contributed by atoms with Crippen LogP contribution in [-0.2, 0) is 10.0 Å². The second-order valence-electron chi connectivity index (χ2n) is 6.87. The van der Waals surface area contributed by atoms with Crippen LogP contribution in [0.15, 0.2) is 65.6 Å². The summed E-state index contributed by atoms with van der Waals surface area (Å²) >= 11 is 0. The Kier molecular flexibility index (Phi) is 6.20. The molecule has 0 saturated carbocycles. The molecule has 2 heterocycles. The van der Waals surface area contributed by atoms with Crippen LogP contribution in [0.2, 0.25) is 0 Å². The standard InChI is InChI=1S/C21H20N6O5S/c1-31-16-6-2-14(3-7-16)20-25-24-18-10-11-19(26-27(18)20)32-13-12-23-21(28)15-4-8-17(9-5-15)33(22,29)30/h2-11H,12-13H2,1H3,(H,23,28)(H2,22,29,30). The minimum absolute atomic E-state index is 0.0631. The summed E-state index contributed by atoms with van der Waals surface area (Å²) in [5.41, 5.74) is 1.67. The SMILES string of the molecule is COc1ccc(-c2nnc3ccc(OCCNC(=O)c4ccc(S(N)(=O)=O)cc4)nn23)cc1. The number of ether oxygens (including phenoxy) is 2. The fourth-order valence-corrected chi connectivity index (χ4v) is 3.50. The zero-order valence-electron chi connectivity index (χ0n) is 17.5. The monoisotopic (exact) mass is 468 g/mol. The van der Waals surface area contributed by atoms with Gasteiger partial charge in [-0.15, -0.1) is 15.3 Å². The third-order valence-electron chi connectivity index (χ3n) is 4.67. The Balaban J connectivity index is 1.37. The maximum atomic E-state index is 12.2. The molecule has 2 aromatic heterocycles. The van der Waals surface area contributed by atoms with E-state index in [9.17, 15) is 13.2 Å². The lowest BCUT2D eigenvalue weighted by atomic mass is 10.2. The molecule has 0 fully saturated rings. The summed E-state index contributed by atoms with van der Waals surface area (Å²) in [5.74, 6) is 1.24. The molecule has 0 saturated heterocycles. The summed E-state index contributed by atoms with van der Waals surface area (Å²) in [7, 11) is -2.21. The Bertz CT molecular complexity index is 1390. The van der Waals surface area contributed by atoms with Crippen LogP contribution in [0.3, 0.4) is 0 Å². The number of benzene rings is 2. The topological polar surface area (TPSA) is 151 Å².